The number of anilines is 1. The van der Waals surface area contributed by atoms with Crippen LogP contribution in [0.1, 0.15) is 102 Å². The van der Waals surface area contributed by atoms with Crippen molar-refractivity contribution in [3.05, 3.63) is 75.4 Å². The lowest BCUT2D eigenvalue weighted by Gasteiger charge is -2.49. The average molecular weight is 703 g/mol. The van der Waals surface area contributed by atoms with Gasteiger partial charge >= 0.3 is 6.09 Å². The number of H-pyrrole nitrogens is 1. The number of aromatic nitrogens is 2. The molecule has 0 aromatic carbocycles. The van der Waals surface area contributed by atoms with E-state index in [0.29, 0.717) is 25.3 Å². The molecule has 51 heavy (non-hydrogen) atoms. The summed E-state index contributed by atoms with van der Waals surface area (Å²) in [5.74, 6) is 0.709. The molecule has 5 rings (SSSR count). The number of likely N-dealkylation sites (N-methyl/N-ethyl adjacent to an activating group) is 1. The smallest absolute Gasteiger partial charge is 0.407 e. The fourth-order valence-electron chi connectivity index (χ4n) is 7.88. The molecule has 0 spiro atoms. The monoisotopic (exact) mass is 702 g/mol. The zero-order chi connectivity index (χ0) is 36.9. The van der Waals surface area contributed by atoms with Gasteiger partial charge in [-0.3, -0.25) is 14.5 Å². The molecule has 2 aliphatic heterocycles. The van der Waals surface area contributed by atoms with Gasteiger partial charge < -0.3 is 30.0 Å². The van der Waals surface area contributed by atoms with Gasteiger partial charge in [-0.2, -0.15) is 0 Å². The number of alkyl carbamates (subject to hydrolysis) is 1. The Kier molecular flexibility index (Phi) is 12.1. The quantitative estimate of drug-likeness (QED) is 0.282. The Morgan fingerprint density at radius 3 is 2.53 bits per heavy atom. The molecule has 2 fully saturated rings. The van der Waals surface area contributed by atoms with E-state index >= 15 is 0 Å². The SMILES string of the molecule is CCN(C1CCOCC1)C1(C(=O)NCc2c(C(C)C)cc(C)[nH]c2=O)C=C(c2cccnc2N2CCC(NC(=O)OC(C)(C)C)CC2)C=CC1C. The van der Waals surface area contributed by atoms with Crippen molar-refractivity contribution >= 4 is 23.4 Å². The van der Waals surface area contributed by atoms with Gasteiger partial charge in [0.2, 0.25) is 5.91 Å². The third-order valence-corrected chi connectivity index (χ3v) is 10.4. The number of hydrogen-bond donors (Lipinski definition) is 3. The van der Waals surface area contributed by atoms with Crippen LogP contribution in [0.5, 0.6) is 0 Å². The Morgan fingerprint density at radius 2 is 1.88 bits per heavy atom. The zero-order valence-corrected chi connectivity index (χ0v) is 31.8. The van der Waals surface area contributed by atoms with E-state index in [2.05, 4.69) is 77.4 Å². The zero-order valence-electron chi connectivity index (χ0n) is 31.8. The first-order valence-electron chi connectivity index (χ1n) is 18.7. The van der Waals surface area contributed by atoms with Crippen molar-refractivity contribution in [1.82, 2.24) is 25.5 Å². The number of piperidine rings is 1. The van der Waals surface area contributed by atoms with Gasteiger partial charge in [-0.05, 0) is 101 Å². The Hall–Kier alpha value is -3.96. The van der Waals surface area contributed by atoms with Gasteiger partial charge in [-0.1, -0.05) is 39.8 Å². The number of aromatic amines is 1. The number of carbonyl (C=O) groups is 2. The number of hydrogen-bond acceptors (Lipinski definition) is 8. The van der Waals surface area contributed by atoms with Crippen LogP contribution in [-0.4, -0.2) is 82.9 Å². The average Bonchev–Trinajstić information content (AvgIpc) is 3.08. The van der Waals surface area contributed by atoms with Gasteiger partial charge in [0, 0.05) is 73.9 Å². The van der Waals surface area contributed by atoms with Gasteiger partial charge in [0.1, 0.15) is 17.0 Å². The lowest BCUT2D eigenvalue weighted by atomic mass is 9.74. The summed E-state index contributed by atoms with van der Waals surface area (Å²) in [6, 6.07) is 6.20. The minimum absolute atomic E-state index is 0.0174. The second-order valence-electron chi connectivity index (χ2n) is 15.5. The molecule has 0 saturated carbocycles. The number of aryl methyl sites for hydroxylation is 1. The second kappa shape index (κ2) is 16.2. The Morgan fingerprint density at radius 1 is 1.18 bits per heavy atom. The molecule has 4 heterocycles. The van der Waals surface area contributed by atoms with Crippen LogP contribution >= 0.6 is 0 Å². The summed E-state index contributed by atoms with van der Waals surface area (Å²) >= 11 is 0. The van der Waals surface area contributed by atoms with E-state index in [0.717, 1.165) is 67.0 Å². The molecule has 0 bridgehead atoms. The van der Waals surface area contributed by atoms with Crippen molar-refractivity contribution in [1.29, 1.82) is 0 Å². The van der Waals surface area contributed by atoms with Gasteiger partial charge in [0.15, 0.2) is 0 Å². The molecule has 3 N–H and O–H groups in total. The Bertz CT molecular complexity index is 1660. The third-order valence-electron chi connectivity index (χ3n) is 10.4. The fraction of sp³-hybridized carbons (Fsp3) is 0.600. The molecular weight excluding hydrogens is 644 g/mol. The maximum absolute atomic E-state index is 14.9. The van der Waals surface area contributed by atoms with Crippen LogP contribution in [0, 0.1) is 12.8 Å². The predicted molar refractivity (Wildman–Crippen MR) is 202 cm³/mol. The van der Waals surface area contributed by atoms with Crippen molar-refractivity contribution in [3.63, 3.8) is 0 Å². The molecular formula is C40H58N6O5. The number of pyridine rings is 2. The van der Waals surface area contributed by atoms with Gasteiger partial charge in [0.25, 0.3) is 5.56 Å². The van der Waals surface area contributed by atoms with Crippen LogP contribution in [0.15, 0.2) is 47.4 Å². The number of nitrogens with one attached hydrogen (secondary N) is 3. The molecule has 11 nitrogen and oxygen atoms in total. The van der Waals surface area contributed by atoms with Crippen LogP contribution in [0.25, 0.3) is 5.57 Å². The van der Waals surface area contributed by atoms with Crippen molar-refractivity contribution in [3.8, 4) is 0 Å². The topological polar surface area (TPSA) is 129 Å². The molecule has 1 aliphatic carbocycles. The van der Waals surface area contributed by atoms with Crippen LogP contribution in [0.2, 0.25) is 0 Å². The number of carbonyl (C=O) groups excluding carboxylic acids is 2. The fourth-order valence-corrected chi connectivity index (χ4v) is 7.88. The van der Waals surface area contributed by atoms with Gasteiger partial charge in [-0.15, -0.1) is 0 Å². The molecule has 11 heteroatoms. The number of nitrogens with zero attached hydrogens (tertiary/aromatic N) is 3. The number of amides is 2. The summed E-state index contributed by atoms with van der Waals surface area (Å²) < 4.78 is 11.2. The first kappa shape index (κ1) is 38.3. The molecule has 2 aromatic heterocycles. The maximum atomic E-state index is 14.9. The normalized spacial score (nSPS) is 21.9. The Balaban J connectivity index is 1.48. The molecule has 2 saturated heterocycles. The first-order chi connectivity index (χ1) is 24.2. The summed E-state index contributed by atoms with van der Waals surface area (Å²) in [6.07, 6.45) is 11.0. The third kappa shape index (κ3) is 8.75. The van der Waals surface area contributed by atoms with Gasteiger partial charge in [-0.25, -0.2) is 9.78 Å². The lowest BCUT2D eigenvalue weighted by molar-refractivity contribution is -0.136. The molecule has 2 aromatic rings. The number of allylic oxidation sites excluding steroid dienone is 2. The van der Waals surface area contributed by atoms with E-state index in [1.165, 1.54) is 0 Å². The highest BCUT2D eigenvalue weighted by molar-refractivity contribution is 5.95. The molecule has 278 valence electrons. The predicted octanol–water partition coefficient (Wildman–Crippen LogP) is 5.84. The summed E-state index contributed by atoms with van der Waals surface area (Å²) in [5.41, 5.74) is 2.50. The van der Waals surface area contributed by atoms with Crippen molar-refractivity contribution < 1.29 is 19.1 Å². The summed E-state index contributed by atoms with van der Waals surface area (Å²) in [6.45, 7) is 19.4. The molecule has 2 atom stereocenters. The molecule has 3 aliphatic rings. The van der Waals surface area contributed by atoms with E-state index in [9.17, 15) is 14.4 Å². The van der Waals surface area contributed by atoms with E-state index in [1.807, 2.05) is 46.0 Å². The van der Waals surface area contributed by atoms with Gasteiger partial charge in [0.05, 0.1) is 0 Å². The number of ether oxygens (including phenoxy) is 2. The lowest BCUT2D eigenvalue weighted by Crippen LogP contribution is -2.65. The van der Waals surface area contributed by atoms with E-state index in [1.54, 1.807) is 0 Å². The number of rotatable bonds is 10. The first-order valence-corrected chi connectivity index (χ1v) is 18.7. The summed E-state index contributed by atoms with van der Waals surface area (Å²) in [4.78, 5) is 53.0. The largest absolute Gasteiger partial charge is 0.444 e. The van der Waals surface area contributed by atoms with Crippen molar-refractivity contribution in [2.75, 3.05) is 37.7 Å². The minimum Gasteiger partial charge on any atom is -0.444 e. The van der Waals surface area contributed by atoms with Crippen molar-refractivity contribution in [2.24, 2.45) is 5.92 Å². The molecule has 0 radical (unpaired) electrons. The van der Waals surface area contributed by atoms with Crippen LogP contribution < -0.4 is 21.1 Å². The Labute approximate surface area is 303 Å². The standard InChI is InChI=1S/C40H58N6O5/c1-9-46(31-16-21-50-22-17-31)40(37(48)42-25-34-33(26(2)3)23-28(5)43-36(34)47)24-29(13-12-27(40)4)32-11-10-18-41-35(32)45-19-14-30(15-20-45)44-38(49)51-39(6,7)8/h10-13,18,23-24,26-27,30-31H,9,14-17,19-22,25H2,1-8H3,(H,42,48)(H,43,47)(H,44,49). The van der Waals surface area contributed by atoms with Crippen LogP contribution in [-0.2, 0) is 20.8 Å². The maximum Gasteiger partial charge on any atom is 0.407 e. The minimum atomic E-state index is -1.02. The van der Waals surface area contributed by atoms with Crippen LogP contribution in [0.3, 0.4) is 0 Å². The second-order valence-corrected chi connectivity index (χ2v) is 15.5. The van der Waals surface area contributed by atoms with Crippen molar-refractivity contribution in [2.45, 2.75) is 117 Å². The van der Waals surface area contributed by atoms with E-state index in [4.69, 9.17) is 14.5 Å². The highest BCUT2D eigenvalue weighted by Gasteiger charge is 2.49. The van der Waals surface area contributed by atoms with Crippen LogP contribution in [0.4, 0.5) is 10.6 Å². The summed E-state index contributed by atoms with van der Waals surface area (Å²) in [7, 11) is 0. The summed E-state index contributed by atoms with van der Waals surface area (Å²) in [5, 5.41) is 6.28. The highest BCUT2D eigenvalue weighted by Crippen LogP contribution is 2.41. The molecule has 2 unspecified atom stereocenters. The van der Waals surface area contributed by atoms with E-state index < -0.39 is 17.2 Å². The molecule has 2 amide bonds. The highest BCUT2D eigenvalue weighted by atomic mass is 16.6. The van der Waals surface area contributed by atoms with E-state index in [-0.39, 0.29) is 41.9 Å².